The van der Waals surface area contributed by atoms with Crippen molar-refractivity contribution < 1.29 is 14.4 Å². The molecule has 6 nitrogen and oxygen atoms in total. The number of nitrogens with zero attached hydrogens (tertiary/aromatic N) is 2. The van der Waals surface area contributed by atoms with Crippen LogP contribution in [0.25, 0.3) is 0 Å². The SMILES string of the molecule is Cc1ccc(NC(=O)C(C)(C)C(=O)N2CCN(C=O)CC2)cc1Br. The minimum absolute atomic E-state index is 0.225. The van der Waals surface area contributed by atoms with Crippen LogP contribution in [0.2, 0.25) is 0 Å². The highest BCUT2D eigenvalue weighted by atomic mass is 79.9. The molecule has 0 aromatic heterocycles. The Hall–Kier alpha value is -1.89. The predicted octanol–water partition coefficient (Wildman–Crippen LogP) is 2.02. The molecule has 0 atom stereocenters. The number of carbonyl (C=O) groups excluding carboxylic acids is 3. The molecule has 0 spiro atoms. The fourth-order valence-electron chi connectivity index (χ4n) is 2.48. The van der Waals surface area contributed by atoms with Gasteiger partial charge in [-0.2, -0.15) is 0 Å². The lowest BCUT2D eigenvalue weighted by atomic mass is 9.89. The van der Waals surface area contributed by atoms with Gasteiger partial charge in [0.05, 0.1) is 0 Å². The minimum atomic E-state index is -1.18. The number of aryl methyl sites for hydroxylation is 1. The fraction of sp³-hybridized carbons (Fsp3) is 0.471. The van der Waals surface area contributed by atoms with Crippen LogP contribution in [-0.4, -0.2) is 54.2 Å². The first kappa shape index (κ1) is 18.4. The number of halogens is 1. The first-order valence-corrected chi connectivity index (χ1v) is 8.61. The monoisotopic (exact) mass is 395 g/mol. The molecule has 0 aliphatic carbocycles. The Morgan fingerprint density at radius 2 is 1.83 bits per heavy atom. The summed E-state index contributed by atoms with van der Waals surface area (Å²) in [6.45, 7) is 7.10. The molecule has 1 aromatic carbocycles. The molecule has 1 saturated heterocycles. The van der Waals surface area contributed by atoms with Crippen molar-refractivity contribution in [1.82, 2.24) is 9.80 Å². The molecule has 0 saturated carbocycles. The number of amides is 3. The molecular weight excluding hydrogens is 374 g/mol. The van der Waals surface area contributed by atoms with Crippen molar-refractivity contribution in [2.45, 2.75) is 20.8 Å². The molecule has 1 aliphatic heterocycles. The third-order valence-electron chi connectivity index (χ3n) is 4.28. The lowest BCUT2D eigenvalue weighted by Gasteiger charge is -2.36. The number of hydrogen-bond acceptors (Lipinski definition) is 3. The molecule has 2 rings (SSSR count). The van der Waals surface area contributed by atoms with Gasteiger partial charge < -0.3 is 15.1 Å². The van der Waals surface area contributed by atoms with Crippen molar-refractivity contribution >= 4 is 39.8 Å². The average molecular weight is 396 g/mol. The lowest BCUT2D eigenvalue weighted by molar-refractivity contribution is -0.148. The molecule has 3 amide bonds. The second-order valence-corrected chi connectivity index (χ2v) is 7.33. The van der Waals surface area contributed by atoms with Crippen LogP contribution in [0.1, 0.15) is 19.4 Å². The van der Waals surface area contributed by atoms with E-state index in [0.29, 0.717) is 31.9 Å². The van der Waals surface area contributed by atoms with Crippen molar-refractivity contribution in [3.8, 4) is 0 Å². The predicted molar refractivity (Wildman–Crippen MR) is 95.5 cm³/mol. The third kappa shape index (κ3) is 3.95. The van der Waals surface area contributed by atoms with Crippen LogP contribution >= 0.6 is 15.9 Å². The number of nitrogens with one attached hydrogen (secondary N) is 1. The lowest BCUT2D eigenvalue weighted by Crippen LogP contribution is -2.54. The Balaban J connectivity index is 2.05. The van der Waals surface area contributed by atoms with Crippen molar-refractivity contribution in [3.63, 3.8) is 0 Å². The molecular formula is C17H22BrN3O3. The summed E-state index contributed by atoms with van der Waals surface area (Å²) < 4.78 is 0.898. The van der Waals surface area contributed by atoms with Crippen molar-refractivity contribution in [2.75, 3.05) is 31.5 Å². The van der Waals surface area contributed by atoms with Crippen LogP contribution in [0, 0.1) is 12.3 Å². The van der Waals surface area contributed by atoms with Gasteiger partial charge >= 0.3 is 0 Å². The number of anilines is 1. The van der Waals surface area contributed by atoms with E-state index in [1.807, 2.05) is 19.1 Å². The first-order chi connectivity index (χ1) is 11.3. The number of piperazine rings is 1. The Morgan fingerprint density at radius 1 is 1.21 bits per heavy atom. The van der Waals surface area contributed by atoms with Gasteiger partial charge in [-0.25, -0.2) is 0 Å². The van der Waals surface area contributed by atoms with Crippen LogP contribution in [0.15, 0.2) is 22.7 Å². The highest BCUT2D eigenvalue weighted by molar-refractivity contribution is 9.10. The molecule has 0 unspecified atom stereocenters. The smallest absolute Gasteiger partial charge is 0.239 e. The Labute approximate surface area is 150 Å². The Morgan fingerprint density at radius 3 is 2.38 bits per heavy atom. The molecule has 130 valence electrons. The maximum Gasteiger partial charge on any atom is 0.239 e. The molecule has 1 fully saturated rings. The van der Waals surface area contributed by atoms with Crippen molar-refractivity contribution in [1.29, 1.82) is 0 Å². The zero-order valence-corrected chi connectivity index (χ0v) is 15.7. The summed E-state index contributed by atoms with van der Waals surface area (Å²) in [6, 6.07) is 5.52. The van der Waals surface area contributed by atoms with Crippen molar-refractivity contribution in [3.05, 3.63) is 28.2 Å². The van der Waals surface area contributed by atoms with Crippen LogP contribution in [0.4, 0.5) is 5.69 Å². The van der Waals surface area contributed by atoms with Gasteiger partial charge in [0.15, 0.2) is 0 Å². The molecule has 1 aromatic rings. The van der Waals surface area contributed by atoms with Crippen molar-refractivity contribution in [2.24, 2.45) is 5.41 Å². The second kappa shape index (κ2) is 7.34. The van der Waals surface area contributed by atoms with E-state index in [1.165, 1.54) is 0 Å². The Kier molecular flexibility index (Phi) is 5.64. The van der Waals surface area contributed by atoms with Crippen LogP contribution in [-0.2, 0) is 14.4 Å². The van der Waals surface area contributed by atoms with Gasteiger partial charge in [-0.3, -0.25) is 14.4 Å². The van der Waals surface area contributed by atoms with E-state index in [1.54, 1.807) is 29.7 Å². The summed E-state index contributed by atoms with van der Waals surface area (Å²) >= 11 is 3.43. The zero-order chi connectivity index (χ0) is 17.9. The molecule has 7 heteroatoms. The van der Waals surface area contributed by atoms with E-state index >= 15 is 0 Å². The van der Waals surface area contributed by atoms with Gasteiger partial charge in [0.25, 0.3) is 0 Å². The van der Waals surface area contributed by atoms with E-state index in [0.717, 1.165) is 16.4 Å². The van der Waals surface area contributed by atoms with E-state index in [-0.39, 0.29) is 11.8 Å². The van der Waals surface area contributed by atoms with Crippen LogP contribution in [0.3, 0.4) is 0 Å². The third-order valence-corrected chi connectivity index (χ3v) is 5.14. The van der Waals surface area contributed by atoms with E-state index in [9.17, 15) is 14.4 Å². The van der Waals surface area contributed by atoms with Gasteiger partial charge in [0.2, 0.25) is 18.2 Å². The van der Waals surface area contributed by atoms with E-state index in [4.69, 9.17) is 0 Å². The van der Waals surface area contributed by atoms with Crippen LogP contribution in [0.5, 0.6) is 0 Å². The standard InChI is InChI=1S/C17H22BrN3O3/c1-12-4-5-13(10-14(12)18)19-15(23)17(2,3)16(24)21-8-6-20(11-22)7-9-21/h4-5,10-11H,6-9H2,1-3H3,(H,19,23). The summed E-state index contributed by atoms with van der Waals surface area (Å²) in [7, 11) is 0. The Bertz CT molecular complexity index is 652. The highest BCUT2D eigenvalue weighted by Crippen LogP contribution is 2.25. The topological polar surface area (TPSA) is 69.7 Å². The van der Waals surface area contributed by atoms with E-state index < -0.39 is 5.41 Å². The van der Waals surface area contributed by atoms with Gasteiger partial charge in [0, 0.05) is 36.3 Å². The summed E-state index contributed by atoms with van der Waals surface area (Å²) in [4.78, 5) is 39.3. The van der Waals surface area contributed by atoms with Gasteiger partial charge in [-0.15, -0.1) is 0 Å². The number of benzene rings is 1. The summed E-state index contributed by atoms with van der Waals surface area (Å²) in [5, 5.41) is 2.81. The minimum Gasteiger partial charge on any atom is -0.342 e. The summed E-state index contributed by atoms with van der Waals surface area (Å²) in [5.41, 5.74) is 0.529. The van der Waals surface area contributed by atoms with Gasteiger partial charge in [-0.05, 0) is 38.5 Å². The molecule has 0 bridgehead atoms. The summed E-state index contributed by atoms with van der Waals surface area (Å²) in [6.07, 6.45) is 0.787. The molecule has 1 aliphatic rings. The largest absolute Gasteiger partial charge is 0.342 e. The second-order valence-electron chi connectivity index (χ2n) is 6.48. The quantitative estimate of drug-likeness (QED) is 0.626. The van der Waals surface area contributed by atoms with Gasteiger partial charge in [-0.1, -0.05) is 22.0 Å². The molecule has 1 heterocycles. The molecule has 1 N–H and O–H groups in total. The number of carbonyl (C=O) groups is 3. The van der Waals surface area contributed by atoms with Gasteiger partial charge in [0.1, 0.15) is 5.41 Å². The number of hydrogen-bond donors (Lipinski definition) is 1. The van der Waals surface area contributed by atoms with E-state index in [2.05, 4.69) is 21.2 Å². The average Bonchev–Trinajstić information content (AvgIpc) is 2.57. The maximum absolute atomic E-state index is 12.7. The molecule has 24 heavy (non-hydrogen) atoms. The zero-order valence-electron chi connectivity index (χ0n) is 14.1. The maximum atomic E-state index is 12.7. The number of rotatable bonds is 4. The first-order valence-electron chi connectivity index (χ1n) is 7.82. The van der Waals surface area contributed by atoms with Crippen LogP contribution < -0.4 is 5.32 Å². The molecule has 0 radical (unpaired) electrons. The fourth-order valence-corrected chi connectivity index (χ4v) is 2.86. The highest BCUT2D eigenvalue weighted by Gasteiger charge is 2.40. The summed E-state index contributed by atoms with van der Waals surface area (Å²) in [5.74, 6) is -0.571. The normalized spacial score (nSPS) is 15.2.